The van der Waals surface area contributed by atoms with E-state index in [-0.39, 0.29) is 12.2 Å². The number of primary sulfonamides is 1. The van der Waals surface area contributed by atoms with Gasteiger partial charge in [-0.25, -0.2) is 18.4 Å². The first kappa shape index (κ1) is 11.1. The second-order valence-corrected chi connectivity index (χ2v) is 3.52. The summed E-state index contributed by atoms with van der Waals surface area (Å²) in [6.45, 7) is 3.15. The molecule has 70 valence electrons. The fourth-order valence-corrected chi connectivity index (χ4v) is 1.13. The highest BCUT2D eigenvalue weighted by Crippen LogP contribution is 1.98. The molecule has 0 aliphatic rings. The number of nitrogens with two attached hydrogens (primary N) is 1. The summed E-state index contributed by atoms with van der Waals surface area (Å²) in [5, 5.41) is 5.33. The first-order valence-electron chi connectivity index (χ1n) is 3.25. The molecule has 12 heavy (non-hydrogen) atoms. The standard InChI is InChI=1S/C6H11NO4S/c1-3-11-6(8)5(2)4-12(7,9)10/h4H,3H2,1-2H3,(H2,7,9,10). The van der Waals surface area contributed by atoms with Crippen LogP contribution < -0.4 is 5.14 Å². The number of ether oxygens (including phenoxy) is 1. The van der Waals surface area contributed by atoms with Crippen LogP contribution >= 0.6 is 0 Å². The molecule has 6 heteroatoms. The number of esters is 1. The van der Waals surface area contributed by atoms with Gasteiger partial charge in [-0.15, -0.1) is 0 Å². The van der Waals surface area contributed by atoms with Gasteiger partial charge in [-0.2, -0.15) is 0 Å². The monoisotopic (exact) mass is 193 g/mol. The fraction of sp³-hybridized carbons (Fsp3) is 0.500. The third-order valence-corrected chi connectivity index (χ3v) is 1.62. The van der Waals surface area contributed by atoms with Crippen LogP contribution in [0.4, 0.5) is 0 Å². The Morgan fingerprint density at radius 1 is 1.58 bits per heavy atom. The fourth-order valence-electron chi connectivity index (χ4n) is 0.539. The van der Waals surface area contributed by atoms with Crippen LogP contribution in [0.15, 0.2) is 11.0 Å². The van der Waals surface area contributed by atoms with Gasteiger partial charge in [-0.05, 0) is 13.8 Å². The van der Waals surface area contributed by atoms with Crippen molar-refractivity contribution >= 4 is 16.0 Å². The normalized spacial score (nSPS) is 12.8. The molecule has 0 spiro atoms. The molecule has 0 saturated heterocycles. The van der Waals surface area contributed by atoms with Crippen molar-refractivity contribution in [1.29, 1.82) is 0 Å². The highest BCUT2D eigenvalue weighted by Gasteiger charge is 2.07. The maximum absolute atomic E-state index is 10.8. The molecule has 0 aromatic rings. The summed E-state index contributed by atoms with van der Waals surface area (Å²) in [5.41, 5.74) is -0.0284. The number of rotatable bonds is 3. The molecule has 0 bridgehead atoms. The van der Waals surface area contributed by atoms with Gasteiger partial charge in [0.25, 0.3) is 0 Å². The van der Waals surface area contributed by atoms with Crippen LogP contribution in [0.1, 0.15) is 13.8 Å². The Hall–Kier alpha value is -0.880. The van der Waals surface area contributed by atoms with Gasteiger partial charge in [0.05, 0.1) is 12.0 Å². The van der Waals surface area contributed by atoms with Crippen molar-refractivity contribution in [2.45, 2.75) is 13.8 Å². The van der Waals surface area contributed by atoms with Crippen molar-refractivity contribution in [3.63, 3.8) is 0 Å². The molecule has 5 nitrogen and oxygen atoms in total. The van der Waals surface area contributed by atoms with Gasteiger partial charge >= 0.3 is 5.97 Å². The van der Waals surface area contributed by atoms with E-state index in [1.807, 2.05) is 0 Å². The zero-order valence-electron chi connectivity index (χ0n) is 6.90. The van der Waals surface area contributed by atoms with E-state index in [0.29, 0.717) is 5.41 Å². The molecule has 0 rings (SSSR count). The number of carbonyl (C=O) groups excluding carboxylic acids is 1. The van der Waals surface area contributed by atoms with Crippen LogP contribution in [0.25, 0.3) is 0 Å². The smallest absolute Gasteiger partial charge is 0.334 e. The quantitative estimate of drug-likeness (QED) is 0.494. The molecule has 0 aromatic carbocycles. The minimum atomic E-state index is -3.75. The van der Waals surface area contributed by atoms with Crippen LogP contribution in [-0.4, -0.2) is 21.0 Å². The number of sulfonamides is 1. The van der Waals surface area contributed by atoms with E-state index in [1.54, 1.807) is 6.92 Å². The maximum Gasteiger partial charge on any atom is 0.334 e. The number of hydrogen-bond donors (Lipinski definition) is 1. The van der Waals surface area contributed by atoms with Crippen molar-refractivity contribution < 1.29 is 17.9 Å². The molecular formula is C6H11NO4S. The molecule has 0 amide bonds. The molecule has 0 aliphatic carbocycles. The van der Waals surface area contributed by atoms with Gasteiger partial charge in [0.1, 0.15) is 0 Å². The first-order valence-corrected chi connectivity index (χ1v) is 4.86. The summed E-state index contributed by atoms with van der Waals surface area (Å²) in [4.78, 5) is 10.8. The van der Waals surface area contributed by atoms with Crippen LogP contribution in [0.3, 0.4) is 0 Å². The maximum atomic E-state index is 10.8. The lowest BCUT2D eigenvalue weighted by Crippen LogP contribution is -2.12. The van der Waals surface area contributed by atoms with Gasteiger partial charge in [-0.1, -0.05) is 0 Å². The van der Waals surface area contributed by atoms with E-state index < -0.39 is 16.0 Å². The van der Waals surface area contributed by atoms with Crippen molar-refractivity contribution in [3.05, 3.63) is 11.0 Å². The Labute approximate surface area is 71.3 Å². The van der Waals surface area contributed by atoms with E-state index >= 15 is 0 Å². The summed E-state index contributed by atoms with van der Waals surface area (Å²) in [6.07, 6.45) is 0. The highest BCUT2D eigenvalue weighted by molar-refractivity contribution is 7.92. The molecule has 0 aromatic heterocycles. The topological polar surface area (TPSA) is 86.5 Å². The van der Waals surface area contributed by atoms with Crippen molar-refractivity contribution in [2.75, 3.05) is 6.61 Å². The summed E-state index contributed by atoms with van der Waals surface area (Å²) in [6, 6.07) is 0. The van der Waals surface area contributed by atoms with Crippen molar-refractivity contribution in [3.8, 4) is 0 Å². The Kier molecular flexibility index (Phi) is 3.91. The van der Waals surface area contributed by atoms with E-state index in [0.717, 1.165) is 0 Å². The van der Waals surface area contributed by atoms with E-state index in [1.165, 1.54) is 6.92 Å². The highest BCUT2D eigenvalue weighted by atomic mass is 32.2. The van der Waals surface area contributed by atoms with Crippen LogP contribution in [0, 0.1) is 0 Å². The Balaban J connectivity index is 4.50. The number of carbonyl (C=O) groups is 1. The Morgan fingerprint density at radius 3 is 2.42 bits per heavy atom. The lowest BCUT2D eigenvalue weighted by Gasteiger charge is -1.99. The molecule has 0 heterocycles. The largest absolute Gasteiger partial charge is 0.463 e. The minimum absolute atomic E-state index is 0.0284. The second kappa shape index (κ2) is 4.22. The molecule has 0 radical (unpaired) electrons. The molecule has 0 unspecified atom stereocenters. The summed E-state index contributed by atoms with van der Waals surface area (Å²) < 4.78 is 25.4. The van der Waals surface area contributed by atoms with E-state index in [4.69, 9.17) is 0 Å². The van der Waals surface area contributed by atoms with Crippen LogP contribution in [0.2, 0.25) is 0 Å². The minimum Gasteiger partial charge on any atom is -0.463 e. The zero-order valence-corrected chi connectivity index (χ0v) is 7.72. The molecule has 0 fully saturated rings. The first-order chi connectivity index (χ1) is 5.37. The van der Waals surface area contributed by atoms with E-state index in [2.05, 4.69) is 9.88 Å². The predicted molar refractivity (Wildman–Crippen MR) is 43.5 cm³/mol. The van der Waals surface area contributed by atoms with Gasteiger partial charge in [0, 0.05) is 5.57 Å². The molecule has 2 N–H and O–H groups in total. The Bertz CT molecular complexity index is 291. The van der Waals surface area contributed by atoms with Crippen molar-refractivity contribution in [1.82, 2.24) is 0 Å². The molecule has 0 aliphatic heterocycles. The lowest BCUT2D eigenvalue weighted by atomic mass is 10.4. The summed E-state index contributed by atoms with van der Waals surface area (Å²) in [7, 11) is -3.75. The van der Waals surface area contributed by atoms with Gasteiger partial charge in [0.15, 0.2) is 0 Å². The molecule has 0 atom stereocenters. The second-order valence-electron chi connectivity index (χ2n) is 2.11. The lowest BCUT2D eigenvalue weighted by molar-refractivity contribution is -0.138. The SMILES string of the molecule is CCOC(=O)C(C)=CS(N)(=O)=O. The van der Waals surface area contributed by atoms with Crippen LogP contribution in [0.5, 0.6) is 0 Å². The molecule has 0 saturated carbocycles. The Morgan fingerprint density at radius 2 is 2.08 bits per heavy atom. The van der Waals surface area contributed by atoms with Crippen LogP contribution in [-0.2, 0) is 19.6 Å². The van der Waals surface area contributed by atoms with Gasteiger partial charge in [-0.3, -0.25) is 0 Å². The average Bonchev–Trinajstić information content (AvgIpc) is 1.84. The summed E-state index contributed by atoms with van der Waals surface area (Å²) >= 11 is 0. The average molecular weight is 193 g/mol. The van der Waals surface area contributed by atoms with Crippen molar-refractivity contribution in [2.24, 2.45) is 5.14 Å². The number of hydrogen-bond acceptors (Lipinski definition) is 4. The third kappa shape index (κ3) is 4.86. The zero-order chi connectivity index (χ0) is 9.78. The molecular weight excluding hydrogens is 182 g/mol. The van der Waals surface area contributed by atoms with Gasteiger partial charge in [0.2, 0.25) is 10.0 Å². The third-order valence-electron chi connectivity index (χ3n) is 0.938. The van der Waals surface area contributed by atoms with Gasteiger partial charge < -0.3 is 4.74 Å². The predicted octanol–water partition coefficient (Wildman–Crippen LogP) is -0.258. The summed E-state index contributed by atoms with van der Waals surface area (Å²) in [5.74, 6) is -0.675. The van der Waals surface area contributed by atoms with E-state index in [9.17, 15) is 13.2 Å².